The van der Waals surface area contributed by atoms with Gasteiger partial charge in [0.1, 0.15) is 23.5 Å². The molecule has 0 aliphatic heterocycles. The minimum atomic E-state index is -0.403. The van der Waals surface area contributed by atoms with Crippen LogP contribution in [0, 0.1) is 17.1 Å². The smallest absolute Gasteiger partial charge is 0.255 e. The van der Waals surface area contributed by atoms with Crippen LogP contribution in [-0.2, 0) is 11.3 Å². The molecule has 0 fully saturated rings. The van der Waals surface area contributed by atoms with E-state index in [2.05, 4.69) is 25.9 Å². The van der Waals surface area contributed by atoms with Crippen molar-refractivity contribution in [2.45, 2.75) is 26.4 Å². The van der Waals surface area contributed by atoms with E-state index in [4.69, 9.17) is 0 Å². The Kier molecular flexibility index (Phi) is 8.04. The van der Waals surface area contributed by atoms with Gasteiger partial charge in [0, 0.05) is 31.4 Å². The molecule has 0 radical (unpaired) electrons. The topological polar surface area (TPSA) is 120 Å². The molecule has 0 saturated carbocycles. The van der Waals surface area contributed by atoms with Gasteiger partial charge in [0.25, 0.3) is 5.91 Å². The van der Waals surface area contributed by atoms with Crippen LogP contribution in [0.2, 0.25) is 0 Å². The van der Waals surface area contributed by atoms with Gasteiger partial charge in [0.15, 0.2) is 0 Å². The molecule has 0 aliphatic carbocycles. The number of benzene rings is 2. The van der Waals surface area contributed by atoms with Crippen LogP contribution in [0.25, 0.3) is 11.1 Å². The molecular weight excluding hydrogens is 483 g/mol. The van der Waals surface area contributed by atoms with E-state index in [0.717, 1.165) is 22.3 Å². The van der Waals surface area contributed by atoms with E-state index >= 15 is 0 Å². The molecule has 1 atom stereocenters. The van der Waals surface area contributed by atoms with Crippen molar-refractivity contribution in [3.63, 3.8) is 0 Å². The Bertz CT molecular complexity index is 1480. The highest BCUT2D eigenvalue weighted by atomic mass is 19.1. The quantitative estimate of drug-likeness (QED) is 0.300. The molecule has 8 nitrogen and oxygen atoms in total. The number of amides is 2. The molecule has 2 aromatic heterocycles. The molecule has 4 aromatic rings. The lowest BCUT2D eigenvalue weighted by atomic mass is 10.1. The fraction of sp³-hybridized carbons (Fsp3) is 0.138. The summed E-state index contributed by atoms with van der Waals surface area (Å²) in [4.78, 5) is 32.8. The molecular formula is C29H25FN6O2. The molecule has 3 N–H and O–H groups in total. The molecule has 2 amide bonds. The number of carbonyl (C=O) groups excluding carboxylic acids is 2. The van der Waals surface area contributed by atoms with E-state index < -0.39 is 5.91 Å². The van der Waals surface area contributed by atoms with Crippen LogP contribution in [0.15, 0.2) is 79.1 Å². The summed E-state index contributed by atoms with van der Waals surface area (Å²) in [6.45, 7) is 3.62. The first kappa shape index (κ1) is 26.0. The average Bonchev–Trinajstić information content (AvgIpc) is 2.92. The number of aromatic nitrogens is 2. The van der Waals surface area contributed by atoms with Crippen LogP contribution < -0.4 is 16.0 Å². The van der Waals surface area contributed by atoms with E-state index in [0.29, 0.717) is 18.2 Å². The lowest BCUT2D eigenvalue weighted by molar-refractivity contribution is -0.114. The number of anilines is 2. The van der Waals surface area contributed by atoms with E-state index in [-0.39, 0.29) is 28.9 Å². The number of nitriles is 1. The fourth-order valence-corrected chi connectivity index (χ4v) is 3.77. The van der Waals surface area contributed by atoms with Crippen LogP contribution in [0.4, 0.5) is 16.0 Å². The zero-order chi connectivity index (χ0) is 27.1. The average molecular weight is 509 g/mol. The minimum absolute atomic E-state index is 0.179. The summed E-state index contributed by atoms with van der Waals surface area (Å²) < 4.78 is 13.2. The molecule has 38 heavy (non-hydrogen) atoms. The third-order valence-corrected chi connectivity index (χ3v) is 5.79. The summed E-state index contributed by atoms with van der Waals surface area (Å²) in [5.41, 5.74) is 4.06. The first-order valence-corrected chi connectivity index (χ1v) is 11.9. The lowest BCUT2D eigenvalue weighted by Gasteiger charge is -2.16. The van der Waals surface area contributed by atoms with Crippen molar-refractivity contribution >= 4 is 23.5 Å². The Labute approximate surface area is 219 Å². The maximum absolute atomic E-state index is 13.2. The number of hydrogen-bond donors (Lipinski definition) is 3. The normalized spacial score (nSPS) is 11.2. The van der Waals surface area contributed by atoms with Gasteiger partial charge >= 0.3 is 0 Å². The molecule has 1 unspecified atom stereocenters. The highest BCUT2D eigenvalue weighted by Crippen LogP contribution is 2.22. The molecule has 0 spiro atoms. The molecule has 0 saturated heterocycles. The van der Waals surface area contributed by atoms with Gasteiger partial charge in [-0.25, -0.2) is 14.4 Å². The van der Waals surface area contributed by atoms with Crippen LogP contribution in [0.1, 0.15) is 46.9 Å². The molecule has 2 heterocycles. The van der Waals surface area contributed by atoms with E-state index in [1.807, 2.05) is 36.4 Å². The predicted molar refractivity (Wildman–Crippen MR) is 143 cm³/mol. The van der Waals surface area contributed by atoms with Crippen molar-refractivity contribution in [1.82, 2.24) is 15.3 Å². The van der Waals surface area contributed by atoms with Gasteiger partial charge in [-0.3, -0.25) is 9.59 Å². The standard InChI is InChI=1S/C29H25FN6O2/c1-18(22-7-10-25(30)11-8-22)35-29(38)26-13-21(14-31)16-34-28(26)33-15-20-3-5-23(6-4-20)24-9-12-27(32-17-24)36-19(2)37/h3-13,16-18H,15H2,1-2H3,(H,33,34)(H,35,38)(H,32,36,37). The molecule has 190 valence electrons. The summed E-state index contributed by atoms with van der Waals surface area (Å²) in [6, 6.07) is 20.4. The maximum Gasteiger partial charge on any atom is 0.255 e. The van der Waals surface area contributed by atoms with Crippen LogP contribution in [0.5, 0.6) is 0 Å². The minimum Gasteiger partial charge on any atom is -0.365 e. The second-order valence-corrected chi connectivity index (χ2v) is 8.64. The van der Waals surface area contributed by atoms with Gasteiger partial charge in [-0.15, -0.1) is 0 Å². The number of nitrogens with one attached hydrogen (secondary N) is 3. The Morgan fingerprint density at radius 2 is 1.68 bits per heavy atom. The summed E-state index contributed by atoms with van der Waals surface area (Å²) in [5, 5.41) is 18.0. The van der Waals surface area contributed by atoms with Crippen molar-refractivity contribution in [3.8, 4) is 17.2 Å². The van der Waals surface area contributed by atoms with E-state index in [9.17, 15) is 19.2 Å². The summed E-state index contributed by atoms with van der Waals surface area (Å²) >= 11 is 0. The van der Waals surface area contributed by atoms with Crippen LogP contribution >= 0.6 is 0 Å². The zero-order valence-corrected chi connectivity index (χ0v) is 20.8. The maximum atomic E-state index is 13.2. The van der Waals surface area contributed by atoms with Gasteiger partial charge in [0.2, 0.25) is 5.91 Å². The van der Waals surface area contributed by atoms with Crippen molar-refractivity contribution < 1.29 is 14.0 Å². The van der Waals surface area contributed by atoms with Gasteiger partial charge in [-0.2, -0.15) is 5.26 Å². The van der Waals surface area contributed by atoms with Crippen molar-refractivity contribution in [3.05, 3.63) is 107 Å². The van der Waals surface area contributed by atoms with Crippen LogP contribution in [0.3, 0.4) is 0 Å². The Balaban J connectivity index is 1.45. The SMILES string of the molecule is CC(=O)Nc1ccc(-c2ccc(CNc3ncc(C#N)cc3C(=O)NC(C)c3ccc(F)cc3)cc2)cn1. The van der Waals surface area contributed by atoms with Gasteiger partial charge < -0.3 is 16.0 Å². The number of carbonyl (C=O) groups is 2. The second kappa shape index (κ2) is 11.8. The van der Waals surface area contributed by atoms with Gasteiger partial charge in [0.05, 0.1) is 17.2 Å². The molecule has 4 rings (SSSR count). The molecule has 2 aromatic carbocycles. The van der Waals surface area contributed by atoms with Gasteiger partial charge in [-0.05, 0) is 53.9 Å². The zero-order valence-electron chi connectivity index (χ0n) is 20.8. The number of rotatable bonds is 8. The summed E-state index contributed by atoms with van der Waals surface area (Å²) in [6.07, 6.45) is 3.10. The third kappa shape index (κ3) is 6.56. The number of hydrogen-bond acceptors (Lipinski definition) is 6. The van der Waals surface area contributed by atoms with Crippen molar-refractivity contribution in [2.75, 3.05) is 10.6 Å². The fourth-order valence-electron chi connectivity index (χ4n) is 3.77. The first-order valence-electron chi connectivity index (χ1n) is 11.9. The number of pyridine rings is 2. The Morgan fingerprint density at radius 3 is 2.32 bits per heavy atom. The lowest BCUT2D eigenvalue weighted by Crippen LogP contribution is -2.28. The van der Waals surface area contributed by atoms with Crippen molar-refractivity contribution in [2.24, 2.45) is 0 Å². The van der Waals surface area contributed by atoms with E-state index in [1.54, 1.807) is 31.3 Å². The predicted octanol–water partition coefficient (Wildman–Crippen LogP) is 5.22. The van der Waals surface area contributed by atoms with Crippen LogP contribution in [-0.4, -0.2) is 21.8 Å². The summed E-state index contributed by atoms with van der Waals surface area (Å²) in [5.74, 6) is -0.103. The monoisotopic (exact) mass is 508 g/mol. The molecule has 0 aliphatic rings. The number of nitrogens with zero attached hydrogens (tertiary/aromatic N) is 3. The molecule has 9 heteroatoms. The Morgan fingerprint density at radius 1 is 0.974 bits per heavy atom. The van der Waals surface area contributed by atoms with Crippen molar-refractivity contribution in [1.29, 1.82) is 5.26 Å². The highest BCUT2D eigenvalue weighted by molar-refractivity contribution is 5.99. The largest absolute Gasteiger partial charge is 0.365 e. The third-order valence-electron chi connectivity index (χ3n) is 5.79. The van der Waals surface area contributed by atoms with E-state index in [1.165, 1.54) is 31.3 Å². The van der Waals surface area contributed by atoms with Gasteiger partial charge in [-0.1, -0.05) is 36.4 Å². The number of halogens is 1. The second-order valence-electron chi connectivity index (χ2n) is 8.64. The summed E-state index contributed by atoms with van der Waals surface area (Å²) in [7, 11) is 0. The highest BCUT2D eigenvalue weighted by Gasteiger charge is 2.17. The molecule has 0 bridgehead atoms. The first-order chi connectivity index (χ1) is 18.3. The Hall–Kier alpha value is -5.10.